The first kappa shape index (κ1) is 15.3. The Bertz CT molecular complexity index is 958. The highest BCUT2D eigenvalue weighted by Gasteiger charge is 2.26. The summed E-state index contributed by atoms with van der Waals surface area (Å²) in [6.07, 6.45) is 1.06. The fraction of sp³-hybridized carbons (Fsp3) is 0.250. The van der Waals surface area contributed by atoms with Gasteiger partial charge in [-0.1, -0.05) is 38.1 Å². The number of nitrogens with zero attached hydrogens (tertiary/aromatic N) is 1. The predicted molar refractivity (Wildman–Crippen MR) is 98.9 cm³/mol. The summed E-state index contributed by atoms with van der Waals surface area (Å²) in [7, 11) is 0. The number of aromatic nitrogens is 1. The van der Waals surface area contributed by atoms with Crippen molar-refractivity contribution in [2.75, 3.05) is 0 Å². The van der Waals surface area contributed by atoms with Crippen LogP contribution in [0.5, 0.6) is 0 Å². The molecule has 0 saturated heterocycles. The first-order valence-corrected chi connectivity index (χ1v) is 9.22. The van der Waals surface area contributed by atoms with Crippen molar-refractivity contribution in [1.29, 1.82) is 0 Å². The van der Waals surface area contributed by atoms with Crippen LogP contribution in [-0.2, 0) is 5.88 Å². The van der Waals surface area contributed by atoms with Gasteiger partial charge in [-0.15, -0.1) is 11.8 Å². The van der Waals surface area contributed by atoms with Crippen molar-refractivity contribution < 1.29 is 9.90 Å². The molecule has 0 fully saturated rings. The monoisotopic (exact) mass is 337 g/mol. The summed E-state index contributed by atoms with van der Waals surface area (Å²) in [4.78, 5) is 12.7. The van der Waals surface area contributed by atoms with E-state index in [1.807, 2.05) is 23.9 Å². The second-order valence-corrected chi connectivity index (χ2v) is 7.29. The molecule has 1 aromatic heterocycles. The minimum Gasteiger partial charge on any atom is -0.478 e. The number of thioether (sulfide) groups is 1. The van der Waals surface area contributed by atoms with Crippen LogP contribution in [0.1, 0.15) is 42.1 Å². The van der Waals surface area contributed by atoms with E-state index in [4.69, 9.17) is 0 Å². The third kappa shape index (κ3) is 2.17. The van der Waals surface area contributed by atoms with Crippen LogP contribution < -0.4 is 0 Å². The molecule has 3 aromatic rings. The smallest absolute Gasteiger partial charge is 0.335 e. The molecule has 0 aliphatic carbocycles. The van der Waals surface area contributed by atoms with Gasteiger partial charge in [0.25, 0.3) is 0 Å². The molecule has 4 heteroatoms. The second kappa shape index (κ2) is 5.71. The minimum atomic E-state index is -0.874. The van der Waals surface area contributed by atoms with E-state index < -0.39 is 5.97 Å². The van der Waals surface area contributed by atoms with Gasteiger partial charge in [0.05, 0.1) is 22.7 Å². The maximum Gasteiger partial charge on any atom is 0.335 e. The number of benzene rings is 2. The summed E-state index contributed by atoms with van der Waals surface area (Å²) in [6.45, 7) is 4.46. The topological polar surface area (TPSA) is 42.2 Å². The lowest BCUT2D eigenvalue weighted by Gasteiger charge is -2.22. The fourth-order valence-electron chi connectivity index (χ4n) is 3.56. The van der Waals surface area contributed by atoms with E-state index >= 15 is 0 Å². The third-order valence-electron chi connectivity index (χ3n) is 4.95. The van der Waals surface area contributed by atoms with E-state index in [1.165, 1.54) is 27.1 Å². The molecule has 1 atom stereocenters. The first-order chi connectivity index (χ1) is 11.6. The quantitative estimate of drug-likeness (QED) is 0.678. The van der Waals surface area contributed by atoms with Gasteiger partial charge in [-0.2, -0.15) is 0 Å². The molecule has 0 bridgehead atoms. The molecule has 4 rings (SSSR count). The van der Waals surface area contributed by atoms with Crippen LogP contribution >= 0.6 is 11.8 Å². The Balaban J connectivity index is 2.10. The van der Waals surface area contributed by atoms with Gasteiger partial charge in [-0.05, 0) is 36.1 Å². The average Bonchev–Trinajstić information content (AvgIpc) is 2.95. The molecule has 24 heavy (non-hydrogen) atoms. The van der Waals surface area contributed by atoms with Gasteiger partial charge in [-0.3, -0.25) is 0 Å². The highest BCUT2D eigenvalue weighted by atomic mass is 32.2. The molecule has 0 spiro atoms. The van der Waals surface area contributed by atoms with E-state index in [1.54, 1.807) is 6.07 Å². The van der Waals surface area contributed by atoms with Gasteiger partial charge in [0.1, 0.15) is 0 Å². The number of rotatable bonds is 3. The normalized spacial score (nSPS) is 14.2. The summed E-state index contributed by atoms with van der Waals surface area (Å²) in [5.41, 5.74) is 5.25. The zero-order chi connectivity index (χ0) is 16.8. The number of fused-ring (bicyclic) bond motifs is 5. The molecule has 1 N–H and O–H groups in total. The van der Waals surface area contributed by atoms with Gasteiger partial charge in [0, 0.05) is 15.8 Å². The van der Waals surface area contributed by atoms with Gasteiger partial charge >= 0.3 is 5.97 Å². The summed E-state index contributed by atoms with van der Waals surface area (Å²) in [6, 6.07) is 14.0. The Hall–Kier alpha value is -2.20. The van der Waals surface area contributed by atoms with E-state index in [9.17, 15) is 9.90 Å². The molecule has 0 amide bonds. The van der Waals surface area contributed by atoms with Crippen LogP contribution in [0.2, 0.25) is 0 Å². The molecule has 1 aliphatic rings. The van der Waals surface area contributed by atoms with Crippen LogP contribution in [0.3, 0.4) is 0 Å². The maximum atomic E-state index is 11.4. The summed E-state index contributed by atoms with van der Waals surface area (Å²) >= 11 is 1.81. The highest BCUT2D eigenvalue weighted by Crippen LogP contribution is 2.46. The zero-order valence-corrected chi connectivity index (χ0v) is 14.6. The molecule has 0 radical (unpaired) electrons. The Labute approximate surface area is 145 Å². The van der Waals surface area contributed by atoms with Crippen LogP contribution in [0.25, 0.3) is 22.2 Å². The van der Waals surface area contributed by atoms with Gasteiger partial charge in [-0.25, -0.2) is 4.79 Å². The number of carboxylic acids is 1. The van der Waals surface area contributed by atoms with Crippen molar-refractivity contribution in [1.82, 2.24) is 4.57 Å². The molecule has 1 aliphatic heterocycles. The number of carbonyl (C=O) groups is 1. The lowest BCUT2D eigenvalue weighted by atomic mass is 9.92. The first-order valence-electron chi connectivity index (χ1n) is 8.23. The molecular formula is C20H19NO2S. The fourth-order valence-corrected chi connectivity index (χ4v) is 4.59. The van der Waals surface area contributed by atoms with E-state index in [2.05, 4.69) is 42.7 Å². The molecule has 0 saturated carbocycles. The summed E-state index contributed by atoms with van der Waals surface area (Å²) in [5, 5.41) is 10.5. The van der Waals surface area contributed by atoms with Crippen molar-refractivity contribution in [3.63, 3.8) is 0 Å². The predicted octanol–water partition coefficient (Wildman–Crippen LogP) is 5.58. The van der Waals surface area contributed by atoms with Gasteiger partial charge < -0.3 is 9.67 Å². The minimum absolute atomic E-state index is 0.349. The lowest BCUT2D eigenvalue weighted by molar-refractivity contribution is 0.0697. The van der Waals surface area contributed by atoms with Crippen molar-refractivity contribution in [2.24, 2.45) is 0 Å². The molecular weight excluding hydrogens is 318 g/mol. The third-order valence-corrected chi connectivity index (χ3v) is 6.00. The average molecular weight is 337 g/mol. The number of hydrogen-bond acceptors (Lipinski definition) is 2. The number of carboxylic acid groups (broad SMARTS) is 1. The molecule has 2 aromatic carbocycles. The van der Waals surface area contributed by atoms with E-state index in [-0.39, 0.29) is 0 Å². The van der Waals surface area contributed by atoms with Crippen LogP contribution in [0.4, 0.5) is 0 Å². The lowest BCUT2D eigenvalue weighted by Crippen LogP contribution is -2.05. The van der Waals surface area contributed by atoms with Gasteiger partial charge in [0.15, 0.2) is 0 Å². The van der Waals surface area contributed by atoms with Crippen molar-refractivity contribution in [2.45, 2.75) is 37.0 Å². The van der Waals surface area contributed by atoms with Crippen molar-refractivity contribution >= 4 is 28.6 Å². The SMILES string of the molecule is CCC(C)c1c2n(c3cc(C(=O)O)ccc13)CSc1ccccc1-2. The number of aromatic carboxylic acids is 1. The Morgan fingerprint density at radius 3 is 2.83 bits per heavy atom. The zero-order valence-electron chi connectivity index (χ0n) is 13.7. The summed E-state index contributed by atoms with van der Waals surface area (Å²) < 4.78 is 2.29. The molecule has 1 unspecified atom stereocenters. The highest BCUT2D eigenvalue weighted by molar-refractivity contribution is 7.98. The largest absolute Gasteiger partial charge is 0.478 e. The molecule has 3 nitrogen and oxygen atoms in total. The van der Waals surface area contributed by atoms with Crippen LogP contribution in [-0.4, -0.2) is 15.6 Å². The van der Waals surface area contributed by atoms with Crippen LogP contribution in [0.15, 0.2) is 47.4 Å². The van der Waals surface area contributed by atoms with Crippen LogP contribution in [0, 0.1) is 0 Å². The molecule has 122 valence electrons. The second-order valence-electron chi connectivity index (χ2n) is 6.31. The maximum absolute atomic E-state index is 11.4. The van der Waals surface area contributed by atoms with Crippen molar-refractivity contribution in [3.8, 4) is 11.3 Å². The van der Waals surface area contributed by atoms with E-state index in [0.717, 1.165) is 17.8 Å². The summed E-state index contributed by atoms with van der Waals surface area (Å²) in [5.74, 6) is 0.375. The Morgan fingerprint density at radius 1 is 1.29 bits per heavy atom. The standard InChI is InChI=1S/C20H19NO2S/c1-3-12(2)18-14-9-8-13(20(22)23)10-16(14)21-11-24-17-7-5-4-6-15(17)19(18)21/h4-10,12H,3,11H2,1-2H3,(H,22,23). The van der Waals surface area contributed by atoms with Gasteiger partial charge in [0.2, 0.25) is 0 Å². The Morgan fingerprint density at radius 2 is 2.08 bits per heavy atom. The number of hydrogen-bond donors (Lipinski definition) is 1. The molecule has 2 heterocycles. The van der Waals surface area contributed by atoms with E-state index in [0.29, 0.717) is 11.5 Å². The Kier molecular flexibility index (Phi) is 3.65. The van der Waals surface area contributed by atoms with Crippen molar-refractivity contribution in [3.05, 3.63) is 53.6 Å².